The van der Waals surface area contributed by atoms with E-state index in [0.717, 1.165) is 6.92 Å². The molecule has 0 rings (SSSR count). The van der Waals surface area contributed by atoms with Crippen LogP contribution in [0.4, 0.5) is 0 Å². The van der Waals surface area contributed by atoms with Crippen molar-refractivity contribution in [1.29, 1.82) is 0 Å². The van der Waals surface area contributed by atoms with Crippen molar-refractivity contribution in [2.24, 2.45) is 11.5 Å². The highest BCUT2D eigenvalue weighted by molar-refractivity contribution is 7.98. The van der Waals surface area contributed by atoms with Crippen LogP contribution in [0.5, 0.6) is 0 Å². The van der Waals surface area contributed by atoms with E-state index in [1.54, 1.807) is 0 Å². The Hall–Kier alpha value is -2.42. The number of thioether (sulfide) groups is 1. The summed E-state index contributed by atoms with van der Waals surface area (Å²) in [5.41, 5.74) is 10.9. The van der Waals surface area contributed by atoms with E-state index in [1.165, 1.54) is 18.7 Å². The summed E-state index contributed by atoms with van der Waals surface area (Å²) in [4.78, 5) is 59.8. The van der Waals surface area contributed by atoms with E-state index in [-0.39, 0.29) is 12.8 Å². The zero-order chi connectivity index (χ0) is 25.0. The minimum Gasteiger partial charge on any atom is -0.480 e. The fraction of sp³-hybridized carbons (Fsp3) is 0.722. The van der Waals surface area contributed by atoms with Crippen LogP contribution in [0.25, 0.3) is 0 Å². The molecule has 6 unspecified atom stereocenters. The summed E-state index contributed by atoms with van der Waals surface area (Å²) >= 11 is 1.48. The number of carbonyl (C=O) groups is 5. The molecule has 0 aromatic carbocycles. The number of aliphatic hydroxyl groups excluding tert-OH is 2. The van der Waals surface area contributed by atoms with E-state index in [9.17, 15) is 34.2 Å². The summed E-state index contributed by atoms with van der Waals surface area (Å²) in [6.45, 7) is 2.32. The maximum atomic E-state index is 12.7. The van der Waals surface area contributed by atoms with Crippen molar-refractivity contribution in [1.82, 2.24) is 16.0 Å². The standard InChI is InChI=1S/C18H33N5O8S/c1-8(24)13(17(29)23-14(9(2)25)18(30)31)22-16(28)11(4-5-12(20)26)21-15(27)10(19)6-7-32-3/h8-11,13-14,24-25H,4-7,19H2,1-3H3,(H2,20,26)(H,21,27)(H,22,28)(H,23,29)(H,30,31). The number of carboxylic acids is 1. The zero-order valence-corrected chi connectivity index (χ0v) is 19.1. The topological polar surface area (TPSA) is 234 Å². The molecule has 0 heterocycles. The van der Waals surface area contributed by atoms with Gasteiger partial charge in [0.25, 0.3) is 0 Å². The van der Waals surface area contributed by atoms with E-state index >= 15 is 0 Å². The number of nitrogens with two attached hydrogens (primary N) is 2. The maximum absolute atomic E-state index is 12.7. The molecule has 6 atom stereocenters. The lowest BCUT2D eigenvalue weighted by Gasteiger charge is -2.27. The first-order chi connectivity index (χ1) is 14.8. The molecule has 13 nitrogen and oxygen atoms in total. The fourth-order valence-electron chi connectivity index (χ4n) is 2.50. The van der Waals surface area contributed by atoms with Crippen LogP contribution in [0.15, 0.2) is 0 Å². The monoisotopic (exact) mass is 479 g/mol. The average Bonchev–Trinajstić information content (AvgIpc) is 2.69. The number of aliphatic hydroxyl groups is 2. The van der Waals surface area contributed by atoms with Crippen LogP contribution >= 0.6 is 11.8 Å². The SMILES string of the molecule is CSCCC(N)C(=O)NC(CCC(N)=O)C(=O)NC(C(=O)NC(C(=O)O)C(C)O)C(C)O. The van der Waals surface area contributed by atoms with Gasteiger partial charge in [0.2, 0.25) is 23.6 Å². The molecule has 0 aromatic heterocycles. The van der Waals surface area contributed by atoms with Crippen molar-refractivity contribution in [2.45, 2.75) is 69.5 Å². The predicted molar refractivity (Wildman–Crippen MR) is 116 cm³/mol. The molecule has 0 fully saturated rings. The molecule has 14 heteroatoms. The van der Waals surface area contributed by atoms with Crippen molar-refractivity contribution in [3.05, 3.63) is 0 Å². The van der Waals surface area contributed by atoms with Gasteiger partial charge in [0.1, 0.15) is 12.1 Å². The second kappa shape index (κ2) is 14.6. The Kier molecular flexibility index (Phi) is 13.5. The summed E-state index contributed by atoms with van der Waals surface area (Å²) in [6.07, 6.45) is -1.19. The Morgan fingerprint density at radius 3 is 1.84 bits per heavy atom. The van der Waals surface area contributed by atoms with Crippen molar-refractivity contribution >= 4 is 41.4 Å². The lowest BCUT2D eigenvalue weighted by Crippen LogP contribution is -2.61. The lowest BCUT2D eigenvalue weighted by molar-refractivity contribution is -0.146. The van der Waals surface area contributed by atoms with Crippen molar-refractivity contribution < 1.29 is 39.3 Å². The van der Waals surface area contributed by atoms with E-state index in [0.29, 0.717) is 12.2 Å². The molecule has 0 aromatic rings. The largest absolute Gasteiger partial charge is 0.480 e. The fourth-order valence-corrected chi connectivity index (χ4v) is 2.99. The normalized spacial score (nSPS) is 16.6. The number of aliphatic carboxylic acids is 1. The first kappa shape index (κ1) is 29.6. The molecule has 0 aliphatic rings. The third kappa shape index (κ3) is 10.7. The Balaban J connectivity index is 5.43. The van der Waals surface area contributed by atoms with Gasteiger partial charge in [-0.1, -0.05) is 0 Å². The van der Waals surface area contributed by atoms with Crippen molar-refractivity contribution in [2.75, 3.05) is 12.0 Å². The number of carbonyl (C=O) groups excluding carboxylic acids is 4. The maximum Gasteiger partial charge on any atom is 0.328 e. The van der Waals surface area contributed by atoms with Gasteiger partial charge in [-0.05, 0) is 38.7 Å². The quantitative estimate of drug-likeness (QED) is 0.116. The van der Waals surface area contributed by atoms with Crippen LogP contribution in [0.2, 0.25) is 0 Å². The van der Waals surface area contributed by atoms with Gasteiger partial charge in [-0.15, -0.1) is 0 Å². The minimum atomic E-state index is -1.68. The third-order valence-electron chi connectivity index (χ3n) is 4.39. The molecule has 0 spiro atoms. The van der Waals surface area contributed by atoms with Crippen molar-refractivity contribution in [3.63, 3.8) is 0 Å². The first-order valence-electron chi connectivity index (χ1n) is 9.84. The van der Waals surface area contributed by atoms with E-state index in [4.69, 9.17) is 16.6 Å². The van der Waals surface area contributed by atoms with Gasteiger partial charge >= 0.3 is 5.97 Å². The highest BCUT2D eigenvalue weighted by Crippen LogP contribution is 2.05. The molecule has 10 N–H and O–H groups in total. The predicted octanol–water partition coefficient (Wildman–Crippen LogP) is -3.37. The average molecular weight is 480 g/mol. The zero-order valence-electron chi connectivity index (χ0n) is 18.2. The number of hydrogen-bond donors (Lipinski definition) is 8. The second-order valence-electron chi connectivity index (χ2n) is 7.25. The third-order valence-corrected chi connectivity index (χ3v) is 5.03. The summed E-state index contributed by atoms with van der Waals surface area (Å²) in [7, 11) is 0. The van der Waals surface area contributed by atoms with Gasteiger partial charge in [-0.2, -0.15) is 11.8 Å². The van der Waals surface area contributed by atoms with Crippen LogP contribution in [-0.4, -0.2) is 93.3 Å². The van der Waals surface area contributed by atoms with E-state index in [2.05, 4.69) is 10.6 Å². The number of nitrogens with one attached hydrogen (secondary N) is 3. The Morgan fingerprint density at radius 2 is 1.41 bits per heavy atom. The van der Waals surface area contributed by atoms with Gasteiger partial charge < -0.3 is 42.7 Å². The Morgan fingerprint density at radius 1 is 0.875 bits per heavy atom. The van der Waals surface area contributed by atoms with Crippen LogP contribution in [0, 0.1) is 0 Å². The van der Waals surface area contributed by atoms with Crippen LogP contribution in [-0.2, 0) is 24.0 Å². The van der Waals surface area contributed by atoms with Crippen molar-refractivity contribution in [3.8, 4) is 0 Å². The molecule has 0 aliphatic carbocycles. The summed E-state index contributed by atoms with van der Waals surface area (Å²) in [5.74, 6) is -4.28. The smallest absolute Gasteiger partial charge is 0.328 e. The molecule has 32 heavy (non-hydrogen) atoms. The molecule has 0 saturated carbocycles. The molecule has 0 aliphatic heterocycles. The number of rotatable bonds is 15. The van der Waals surface area contributed by atoms with Crippen LogP contribution in [0.1, 0.15) is 33.1 Å². The molecule has 184 valence electrons. The molecule has 0 bridgehead atoms. The van der Waals surface area contributed by atoms with Crippen LogP contribution in [0.3, 0.4) is 0 Å². The van der Waals surface area contributed by atoms with E-state index in [1.807, 2.05) is 11.6 Å². The Bertz CT molecular complexity index is 676. The summed E-state index contributed by atoms with van der Waals surface area (Å²) in [5, 5.41) is 35.2. The van der Waals surface area contributed by atoms with Gasteiger partial charge in [0.05, 0.1) is 18.2 Å². The van der Waals surface area contributed by atoms with Crippen LogP contribution < -0.4 is 27.4 Å². The number of carboxylic acid groups (broad SMARTS) is 1. The molecule has 4 amide bonds. The number of hydrogen-bond acceptors (Lipinski definition) is 9. The highest BCUT2D eigenvalue weighted by atomic mass is 32.2. The number of amides is 4. The molecule has 0 saturated heterocycles. The Labute approximate surface area is 190 Å². The van der Waals surface area contributed by atoms with Gasteiger partial charge in [0, 0.05) is 6.42 Å². The highest BCUT2D eigenvalue weighted by Gasteiger charge is 2.34. The van der Waals surface area contributed by atoms with E-state index < -0.39 is 66.0 Å². The second-order valence-corrected chi connectivity index (χ2v) is 8.23. The van der Waals surface area contributed by atoms with Gasteiger partial charge in [-0.3, -0.25) is 19.2 Å². The summed E-state index contributed by atoms with van der Waals surface area (Å²) in [6, 6.07) is -5.50. The summed E-state index contributed by atoms with van der Waals surface area (Å²) < 4.78 is 0. The molecular formula is C18H33N5O8S. The molecule has 0 radical (unpaired) electrons. The lowest BCUT2D eigenvalue weighted by atomic mass is 10.1. The van der Waals surface area contributed by atoms with Gasteiger partial charge in [0.15, 0.2) is 6.04 Å². The van der Waals surface area contributed by atoms with Gasteiger partial charge in [-0.25, -0.2) is 4.79 Å². The minimum absolute atomic E-state index is 0.193. The number of primary amides is 1. The molecular weight excluding hydrogens is 446 g/mol. The first-order valence-corrected chi connectivity index (χ1v) is 11.2.